The summed E-state index contributed by atoms with van der Waals surface area (Å²) in [7, 11) is 4.79. The molecule has 1 aromatic carbocycles. The van der Waals surface area contributed by atoms with Gasteiger partial charge in [0.25, 0.3) is 20.2 Å². The number of rotatable bonds is 32. The predicted molar refractivity (Wildman–Crippen MR) is 373 cm³/mol. The number of nitrogens with two attached hydrogens (primary N) is 2. The molecule has 0 saturated carbocycles. The molecule has 0 aliphatic rings. The number of nitrogens with one attached hydrogen (secondary N) is 8. The molecule has 0 saturated heterocycles. The number of nitrogens with zero attached hydrogens (tertiary/aromatic N) is 7. The van der Waals surface area contributed by atoms with Crippen LogP contribution in [0.15, 0.2) is 142 Å². The van der Waals surface area contributed by atoms with Gasteiger partial charge in [0.15, 0.2) is 0 Å². The smallest absolute Gasteiger partial charge is 0.295 e. The van der Waals surface area contributed by atoms with Gasteiger partial charge in [0.2, 0.25) is 29.8 Å². The van der Waals surface area contributed by atoms with Crippen LogP contribution in [0, 0.1) is 0 Å². The number of halogens is 1. The minimum atomic E-state index is -4.79. The summed E-state index contributed by atoms with van der Waals surface area (Å²) in [5.74, 6) is 0.828. The molecular formula is C60H114ClN17O8S2+2. The molecular weight excluding hydrogens is 1190 g/mol. The Kier molecular flexibility index (Phi) is 56.5. The number of allylic oxidation sites excluding steroid dienone is 12. The summed E-state index contributed by atoms with van der Waals surface area (Å²) in [5, 5.41) is 34.5. The van der Waals surface area contributed by atoms with Crippen LogP contribution in [0.1, 0.15) is 94.1 Å². The predicted octanol–water partition coefficient (Wildman–Crippen LogP) is 7.34. The van der Waals surface area contributed by atoms with Gasteiger partial charge in [-0.05, 0) is 103 Å². The van der Waals surface area contributed by atoms with Gasteiger partial charge in [-0.1, -0.05) is 114 Å². The van der Waals surface area contributed by atoms with Crippen LogP contribution in [0.2, 0.25) is 0 Å². The van der Waals surface area contributed by atoms with Gasteiger partial charge in [0.05, 0.1) is 42.3 Å². The van der Waals surface area contributed by atoms with Crippen molar-refractivity contribution in [3.8, 4) is 0 Å². The van der Waals surface area contributed by atoms with E-state index in [0.29, 0.717) is 50.0 Å². The summed E-state index contributed by atoms with van der Waals surface area (Å²) in [6, 6.07) is 5.75. The quantitative estimate of drug-likeness (QED) is 0.00392. The summed E-state index contributed by atoms with van der Waals surface area (Å²) in [5.41, 5.74) is 20.6. The molecule has 1 aromatic heterocycles. The molecule has 88 heavy (non-hydrogen) atoms. The van der Waals surface area contributed by atoms with Gasteiger partial charge in [-0.25, -0.2) is 5.43 Å². The Morgan fingerprint density at radius 1 is 0.784 bits per heavy atom. The van der Waals surface area contributed by atoms with E-state index in [0.717, 1.165) is 35.8 Å². The number of hydrazine groups is 2. The second-order valence-electron chi connectivity index (χ2n) is 19.8. The Hall–Kier alpha value is -6.18. The SMILES string of the molecule is C/C=C\C=C(/CC)Nc1nc(N/C=C/C(=C(\C=C/C)/C=C/c2ccccc2S(=O)(=O)O)S(=O)(=O)O)nc(NCCCNCC(O)C[N+](C)(C)C)n1.C/C=C\C=C/C(C)NNN/C(N)=N\C(N)=NCCCNC.C=C.CC.CC.CC(O)C[N+](C)(C)C.CCl. The highest BCUT2D eigenvalue weighted by atomic mass is 35.5. The molecule has 0 radical (unpaired) electrons. The normalized spacial score (nSPS) is 13.7. The maximum atomic E-state index is 12.5. The lowest BCUT2D eigenvalue weighted by atomic mass is 10.1. The van der Waals surface area contributed by atoms with E-state index in [1.165, 1.54) is 55.1 Å². The third kappa shape index (κ3) is 52.9. The standard InChI is InChI=1S/C34H50N8O7S2.C13H28N8.C6H16NO.2C2H6.C2H4.CH3Cl/c1-7-10-16-28(9-3)38-34-40-32(36-22-13-21-35-24-29(43)25-42(4,5)6)39-33(41-34)37-23-20-31(51(47,48)49)26(14-8-2)18-19-27-15-11-12-17-30(27)50(44,45)46;1-4-5-6-8-11(2)19-21-20-13(15)18-12(14)17-10-7-9-16-3;1-6(8)5-7(2,3)4;4*1-2/h7-8,10-12,14-20,23,29,35,43H,9,13,21-22,24-25H2,1-6H3,(H4-,36,37,38,39,40,41,44,45,46,47,48,49);4-6,8,11,16,19,21H,7,9-10H2,1-3H3,(H5,14,15,17,18,20);6,8H,5H2,1-4H3;2*1-2H3;1-2H2;1H3/q;;+1;;;;/p+1/b10-7-,14-8-,19-18+,23-20+,28-16+,31-26-;5-4-,8-6-;;;;;. The van der Waals surface area contributed by atoms with Crippen LogP contribution in [0.25, 0.3) is 6.08 Å². The number of quaternary nitrogens is 2. The van der Waals surface area contributed by atoms with Crippen molar-refractivity contribution in [3.63, 3.8) is 0 Å². The lowest BCUT2D eigenvalue weighted by Gasteiger charge is -2.26. The van der Waals surface area contributed by atoms with E-state index in [1.54, 1.807) is 13.0 Å². The van der Waals surface area contributed by atoms with E-state index in [9.17, 15) is 31.0 Å². The topological polar surface area (TPSA) is 361 Å². The van der Waals surface area contributed by atoms with E-state index < -0.39 is 31.2 Å². The lowest BCUT2D eigenvalue weighted by molar-refractivity contribution is -0.873. The van der Waals surface area contributed by atoms with Crippen molar-refractivity contribution in [2.45, 2.75) is 112 Å². The van der Waals surface area contributed by atoms with E-state index in [1.807, 2.05) is 133 Å². The average molecular weight is 1300 g/mol. The van der Waals surface area contributed by atoms with E-state index in [-0.39, 0.29) is 57.9 Å². The fourth-order valence-corrected chi connectivity index (χ4v) is 7.90. The number of alkyl halides is 1. The molecule has 0 aliphatic heterocycles. The number of aliphatic imine (C=N–C) groups is 2. The summed E-state index contributed by atoms with van der Waals surface area (Å²) in [4.78, 5) is 20.4. The zero-order chi connectivity index (χ0) is 68.8. The van der Waals surface area contributed by atoms with Crippen LogP contribution in [-0.4, -0.2) is 192 Å². The van der Waals surface area contributed by atoms with Crippen LogP contribution < -0.4 is 54.4 Å². The maximum absolute atomic E-state index is 12.5. The van der Waals surface area contributed by atoms with Crippen LogP contribution in [0.5, 0.6) is 0 Å². The van der Waals surface area contributed by atoms with Gasteiger partial charge in [-0.3, -0.25) is 19.5 Å². The van der Waals surface area contributed by atoms with Gasteiger partial charge < -0.3 is 57.2 Å². The average Bonchev–Trinajstić information content (AvgIpc) is 2.93. The Morgan fingerprint density at radius 3 is 1.90 bits per heavy atom. The van der Waals surface area contributed by atoms with E-state index in [2.05, 4.69) is 114 Å². The highest BCUT2D eigenvalue weighted by Crippen LogP contribution is 2.22. The Labute approximate surface area is 534 Å². The molecule has 3 atom stereocenters. The lowest BCUT2D eigenvalue weighted by Crippen LogP contribution is -2.52. The third-order valence-electron chi connectivity index (χ3n) is 9.82. The maximum Gasteiger partial charge on any atom is 0.295 e. The molecule has 2 rings (SSSR count). The Balaban J connectivity index is -0.000000508. The second-order valence-corrected chi connectivity index (χ2v) is 22.6. The zero-order valence-electron chi connectivity index (χ0n) is 55.9. The molecule has 0 bridgehead atoms. The van der Waals surface area contributed by atoms with Crippen LogP contribution in [-0.2, 0) is 20.2 Å². The van der Waals surface area contributed by atoms with Crippen LogP contribution >= 0.6 is 11.6 Å². The summed E-state index contributed by atoms with van der Waals surface area (Å²) in [6.07, 6.45) is 24.5. The number of aliphatic hydroxyl groups is 2. The van der Waals surface area contributed by atoms with Crippen LogP contribution in [0.4, 0.5) is 17.8 Å². The molecule has 1 heterocycles. The highest BCUT2D eigenvalue weighted by Gasteiger charge is 2.18. The second kappa shape index (κ2) is 54.9. The van der Waals surface area contributed by atoms with Crippen molar-refractivity contribution in [2.24, 2.45) is 21.5 Å². The van der Waals surface area contributed by atoms with Gasteiger partial charge >= 0.3 is 0 Å². The Morgan fingerprint density at radius 2 is 1.38 bits per heavy atom. The minimum Gasteiger partial charge on any atom is -0.388 e. The van der Waals surface area contributed by atoms with Crippen molar-refractivity contribution in [1.82, 2.24) is 42.0 Å². The third-order valence-corrected chi connectivity index (χ3v) is 11.7. The van der Waals surface area contributed by atoms with E-state index >= 15 is 0 Å². The number of anilines is 3. The summed E-state index contributed by atoms with van der Waals surface area (Å²) in [6.45, 7) is 29.8. The number of aliphatic hydroxyl groups excluding tert-OH is 2. The van der Waals surface area contributed by atoms with E-state index in [4.69, 9.17) is 16.6 Å². The summed E-state index contributed by atoms with van der Waals surface area (Å²) < 4.78 is 69.8. The number of benzene rings is 1. The first-order chi connectivity index (χ1) is 41.5. The fraction of sp³-hybridized carbons (Fsp3) is 0.517. The number of likely N-dealkylation sites (N-methyl/N-ethyl adjacent to an activating group) is 2. The molecule has 0 spiro atoms. The van der Waals surface area contributed by atoms with Crippen molar-refractivity contribution in [3.05, 3.63) is 132 Å². The highest BCUT2D eigenvalue weighted by molar-refractivity contribution is 7.90. The monoisotopic (exact) mass is 1300 g/mol. The number of hydrogen-bond donors (Lipinski definition) is 14. The zero-order valence-corrected chi connectivity index (χ0v) is 58.3. The molecule has 0 amide bonds. The first-order valence-electron chi connectivity index (χ1n) is 29.0. The minimum absolute atomic E-state index is 0.0175. The van der Waals surface area contributed by atoms with Crippen molar-refractivity contribution >= 4 is 67.7 Å². The summed E-state index contributed by atoms with van der Waals surface area (Å²) >= 11 is 4.64. The number of guanidine groups is 2. The molecule has 16 N–H and O–H groups in total. The molecule has 2 aromatic rings. The fourth-order valence-electron chi connectivity index (χ4n) is 6.55. The molecule has 3 unspecified atom stereocenters. The molecule has 504 valence electrons. The number of aromatic nitrogens is 3. The molecule has 0 aliphatic carbocycles. The Bertz CT molecular complexity index is 2690. The molecule has 28 heteroatoms. The largest absolute Gasteiger partial charge is 0.388 e. The van der Waals surface area contributed by atoms with Crippen molar-refractivity contribution in [2.75, 3.05) is 117 Å². The molecule has 0 fully saturated rings. The van der Waals surface area contributed by atoms with Gasteiger partial charge in [-0.15, -0.1) is 24.8 Å². The number of hydrogen-bond acceptors (Lipinski definition) is 17. The van der Waals surface area contributed by atoms with Gasteiger partial charge in [0.1, 0.15) is 35.1 Å². The first-order valence-corrected chi connectivity index (χ1v) is 32.6. The van der Waals surface area contributed by atoms with Crippen molar-refractivity contribution in [1.29, 1.82) is 0 Å². The van der Waals surface area contributed by atoms with Crippen molar-refractivity contribution < 1.29 is 45.1 Å². The van der Waals surface area contributed by atoms with Crippen LogP contribution in [0.3, 0.4) is 0 Å². The van der Waals surface area contributed by atoms with Gasteiger partial charge in [-0.2, -0.15) is 42.3 Å². The van der Waals surface area contributed by atoms with Gasteiger partial charge in [0, 0.05) is 44.0 Å². The molecule has 25 nitrogen and oxygen atoms in total. The first kappa shape index (κ1) is 90.6.